The highest BCUT2D eigenvalue weighted by molar-refractivity contribution is 14.0. The van der Waals surface area contributed by atoms with Crippen molar-refractivity contribution in [3.63, 3.8) is 0 Å². The predicted octanol–water partition coefficient (Wildman–Crippen LogP) is 3.42. The van der Waals surface area contributed by atoms with Crippen molar-refractivity contribution < 1.29 is 0 Å². The zero-order chi connectivity index (χ0) is 13.9. The van der Waals surface area contributed by atoms with Crippen LogP contribution in [0.2, 0.25) is 5.02 Å². The Morgan fingerprint density at radius 2 is 1.95 bits per heavy atom. The monoisotopic (exact) mass is 427 g/mol. The van der Waals surface area contributed by atoms with Gasteiger partial charge in [0.25, 0.3) is 0 Å². The van der Waals surface area contributed by atoms with Crippen molar-refractivity contribution in [3.05, 3.63) is 34.9 Å². The molecule has 6 heteroatoms. The van der Waals surface area contributed by atoms with E-state index in [1.165, 1.54) is 5.75 Å². The van der Waals surface area contributed by atoms with E-state index < -0.39 is 0 Å². The van der Waals surface area contributed by atoms with Gasteiger partial charge in [0.05, 0.1) is 0 Å². The van der Waals surface area contributed by atoms with Crippen molar-refractivity contribution in [3.8, 4) is 0 Å². The minimum atomic E-state index is 0. The van der Waals surface area contributed by atoms with E-state index in [9.17, 15) is 0 Å². The molecule has 1 aromatic carbocycles. The summed E-state index contributed by atoms with van der Waals surface area (Å²) in [5.41, 5.74) is 1.16. The number of guanidine groups is 1. The van der Waals surface area contributed by atoms with Gasteiger partial charge in [0.15, 0.2) is 5.96 Å². The summed E-state index contributed by atoms with van der Waals surface area (Å²) in [6.45, 7) is 1.78. The first-order valence-electron chi connectivity index (χ1n) is 6.44. The molecule has 0 saturated heterocycles. The number of rotatable bonds is 7. The molecule has 1 aromatic rings. The van der Waals surface area contributed by atoms with Crippen LogP contribution in [0, 0.1) is 0 Å². The number of benzene rings is 1. The molecule has 0 fully saturated rings. The molecule has 0 heterocycles. The van der Waals surface area contributed by atoms with E-state index in [2.05, 4.69) is 27.9 Å². The number of nitrogens with zero attached hydrogens (tertiary/aromatic N) is 1. The molecular weight excluding hydrogens is 405 g/mol. The largest absolute Gasteiger partial charge is 0.356 e. The lowest BCUT2D eigenvalue weighted by molar-refractivity contribution is 0.777. The molecule has 1 rings (SSSR count). The summed E-state index contributed by atoms with van der Waals surface area (Å²) >= 11 is 7.98. The van der Waals surface area contributed by atoms with Crippen LogP contribution in [-0.2, 0) is 6.42 Å². The molecule has 2 N–H and O–H groups in total. The van der Waals surface area contributed by atoms with Crippen molar-refractivity contribution >= 4 is 53.3 Å². The molecule has 0 bridgehead atoms. The number of hydrogen-bond donors (Lipinski definition) is 2. The van der Waals surface area contributed by atoms with Crippen molar-refractivity contribution in [1.82, 2.24) is 10.6 Å². The van der Waals surface area contributed by atoms with Crippen molar-refractivity contribution in [2.75, 3.05) is 32.1 Å². The normalized spacial score (nSPS) is 10.8. The third-order valence-electron chi connectivity index (χ3n) is 2.69. The van der Waals surface area contributed by atoms with E-state index >= 15 is 0 Å². The van der Waals surface area contributed by atoms with E-state index in [0.717, 1.165) is 42.5 Å². The van der Waals surface area contributed by atoms with Crippen molar-refractivity contribution in [2.45, 2.75) is 12.8 Å². The van der Waals surface area contributed by atoms with Gasteiger partial charge in [0.1, 0.15) is 0 Å². The lowest BCUT2D eigenvalue weighted by Crippen LogP contribution is -2.38. The molecule has 0 amide bonds. The fraction of sp³-hybridized carbons (Fsp3) is 0.500. The minimum Gasteiger partial charge on any atom is -0.356 e. The minimum absolute atomic E-state index is 0. The van der Waals surface area contributed by atoms with Gasteiger partial charge >= 0.3 is 0 Å². The Labute approximate surface area is 148 Å². The van der Waals surface area contributed by atoms with Crippen LogP contribution in [0.3, 0.4) is 0 Å². The standard InChI is InChI=1S/C14H22ClN3S.HI/c1-16-14(17-9-5-11-19-2)18-10-8-12-6-3-4-7-13(12)15;/h3-4,6-7H,5,8-11H2,1-2H3,(H2,16,17,18);1H. The van der Waals surface area contributed by atoms with E-state index in [4.69, 9.17) is 11.6 Å². The Bertz CT molecular complexity index is 402. The third kappa shape index (κ3) is 8.21. The number of aliphatic imine (C=N–C) groups is 1. The van der Waals surface area contributed by atoms with E-state index in [1.807, 2.05) is 30.0 Å². The molecule has 0 radical (unpaired) electrons. The van der Waals surface area contributed by atoms with Gasteiger partial charge in [0.2, 0.25) is 0 Å². The second-order valence-corrected chi connectivity index (χ2v) is 5.51. The number of halogens is 2. The molecular formula is C14H23ClIN3S. The molecule has 3 nitrogen and oxygen atoms in total. The molecule has 0 aliphatic carbocycles. The first-order chi connectivity index (χ1) is 9.27. The molecule has 0 saturated carbocycles. The van der Waals surface area contributed by atoms with Crippen molar-refractivity contribution in [1.29, 1.82) is 0 Å². The van der Waals surface area contributed by atoms with Gasteiger partial charge in [-0.3, -0.25) is 4.99 Å². The summed E-state index contributed by atoms with van der Waals surface area (Å²) in [5, 5.41) is 7.42. The predicted molar refractivity (Wildman–Crippen MR) is 103 cm³/mol. The highest BCUT2D eigenvalue weighted by Gasteiger charge is 2.00. The topological polar surface area (TPSA) is 36.4 Å². The van der Waals surface area contributed by atoms with Crippen LogP contribution < -0.4 is 10.6 Å². The maximum absolute atomic E-state index is 6.12. The Balaban J connectivity index is 0.00000361. The Morgan fingerprint density at radius 3 is 2.60 bits per heavy atom. The van der Waals surface area contributed by atoms with Gasteiger partial charge in [0, 0.05) is 25.2 Å². The first-order valence-corrected chi connectivity index (χ1v) is 8.22. The average molecular weight is 428 g/mol. The van der Waals surface area contributed by atoms with Crippen LogP contribution in [0.15, 0.2) is 29.3 Å². The second kappa shape index (κ2) is 12.6. The van der Waals surface area contributed by atoms with Gasteiger partial charge in [-0.25, -0.2) is 0 Å². The smallest absolute Gasteiger partial charge is 0.190 e. The maximum atomic E-state index is 6.12. The quantitative estimate of drug-likeness (QED) is 0.303. The summed E-state index contributed by atoms with van der Waals surface area (Å²) in [6, 6.07) is 7.94. The van der Waals surface area contributed by atoms with Gasteiger partial charge in [-0.05, 0) is 36.5 Å². The Kier molecular flexibility index (Phi) is 12.5. The fourth-order valence-corrected chi connectivity index (χ4v) is 2.32. The van der Waals surface area contributed by atoms with Crippen LogP contribution in [0.5, 0.6) is 0 Å². The van der Waals surface area contributed by atoms with Gasteiger partial charge in [-0.1, -0.05) is 29.8 Å². The highest BCUT2D eigenvalue weighted by atomic mass is 127. The van der Waals surface area contributed by atoms with Crippen LogP contribution >= 0.6 is 47.3 Å². The van der Waals surface area contributed by atoms with Crippen molar-refractivity contribution in [2.24, 2.45) is 4.99 Å². The molecule has 20 heavy (non-hydrogen) atoms. The zero-order valence-corrected chi connectivity index (χ0v) is 15.9. The van der Waals surface area contributed by atoms with Gasteiger partial charge in [-0.15, -0.1) is 24.0 Å². The maximum Gasteiger partial charge on any atom is 0.190 e. The van der Waals surface area contributed by atoms with Gasteiger partial charge < -0.3 is 10.6 Å². The van der Waals surface area contributed by atoms with Crippen LogP contribution in [0.1, 0.15) is 12.0 Å². The SMILES string of the molecule is CN=C(NCCCSC)NCCc1ccccc1Cl.I. The first kappa shape index (κ1) is 19.9. The Hall–Kier alpha value is -0.140. The second-order valence-electron chi connectivity index (χ2n) is 4.11. The summed E-state index contributed by atoms with van der Waals surface area (Å²) in [7, 11) is 1.79. The summed E-state index contributed by atoms with van der Waals surface area (Å²) < 4.78 is 0. The van der Waals surface area contributed by atoms with E-state index in [1.54, 1.807) is 7.05 Å². The molecule has 0 aliphatic heterocycles. The number of hydrogen-bond acceptors (Lipinski definition) is 2. The zero-order valence-electron chi connectivity index (χ0n) is 12.0. The number of thioether (sulfide) groups is 1. The van der Waals surface area contributed by atoms with Crippen LogP contribution in [-0.4, -0.2) is 38.1 Å². The molecule has 0 atom stereocenters. The molecule has 0 aliphatic rings. The van der Waals surface area contributed by atoms with Crippen LogP contribution in [0.4, 0.5) is 0 Å². The van der Waals surface area contributed by atoms with Crippen LogP contribution in [0.25, 0.3) is 0 Å². The summed E-state index contributed by atoms with van der Waals surface area (Å²) in [6.07, 6.45) is 4.16. The molecule has 0 unspecified atom stereocenters. The summed E-state index contributed by atoms with van der Waals surface area (Å²) in [5.74, 6) is 2.03. The molecule has 0 spiro atoms. The lowest BCUT2D eigenvalue weighted by Gasteiger charge is -2.12. The average Bonchev–Trinajstić information content (AvgIpc) is 2.43. The third-order valence-corrected chi connectivity index (χ3v) is 3.75. The van der Waals surface area contributed by atoms with E-state index in [-0.39, 0.29) is 24.0 Å². The lowest BCUT2D eigenvalue weighted by atomic mass is 10.1. The highest BCUT2D eigenvalue weighted by Crippen LogP contribution is 2.14. The number of nitrogens with one attached hydrogen (secondary N) is 2. The van der Waals surface area contributed by atoms with E-state index in [0.29, 0.717) is 0 Å². The molecule has 0 aromatic heterocycles. The fourth-order valence-electron chi connectivity index (χ4n) is 1.66. The molecule has 114 valence electrons. The Morgan fingerprint density at radius 1 is 1.25 bits per heavy atom. The van der Waals surface area contributed by atoms with Gasteiger partial charge in [-0.2, -0.15) is 11.8 Å². The summed E-state index contributed by atoms with van der Waals surface area (Å²) in [4.78, 5) is 4.19.